The molecule has 0 aliphatic carbocycles. The summed E-state index contributed by atoms with van der Waals surface area (Å²) in [5.74, 6) is 0. The number of ether oxygens (including phenoxy) is 2. The van der Waals surface area contributed by atoms with E-state index in [1.165, 1.54) is 76.3 Å². The Morgan fingerprint density at radius 3 is 2.24 bits per heavy atom. The van der Waals surface area contributed by atoms with Crippen LogP contribution in [-0.2, 0) is 9.47 Å². The third-order valence-electron chi connectivity index (χ3n) is 5.43. The first-order valence-electron chi connectivity index (χ1n) is 11.4. The maximum atomic E-state index is 10.7. The van der Waals surface area contributed by atoms with Crippen LogP contribution in [0.4, 0.5) is 5.69 Å². The molecule has 1 aromatic carbocycles. The largest absolute Gasteiger partial charge is 0.350 e. The zero-order valence-electron chi connectivity index (χ0n) is 17.9. The summed E-state index contributed by atoms with van der Waals surface area (Å²) in [6.45, 7) is 2.76. The average Bonchev–Trinajstić information content (AvgIpc) is 3.20. The van der Waals surface area contributed by atoms with Crippen molar-refractivity contribution in [1.29, 1.82) is 0 Å². The molecule has 0 radical (unpaired) electrons. The molecule has 1 fully saturated rings. The zero-order valence-corrected chi connectivity index (χ0v) is 17.9. The predicted molar refractivity (Wildman–Crippen MR) is 117 cm³/mol. The number of hydrogen-bond acceptors (Lipinski definition) is 4. The lowest BCUT2D eigenvalue weighted by Gasteiger charge is -2.11. The molecule has 0 bridgehead atoms. The summed E-state index contributed by atoms with van der Waals surface area (Å²) in [5.41, 5.74) is 1.05. The minimum Gasteiger partial charge on any atom is -0.350 e. The van der Waals surface area contributed by atoms with E-state index in [1.807, 2.05) is 0 Å². The fraction of sp³-hybridized carbons (Fsp3) is 0.667. The van der Waals surface area contributed by atoms with Crippen LogP contribution in [0.1, 0.15) is 95.6 Å². The molecule has 0 N–H and O–H groups in total. The zero-order chi connectivity index (χ0) is 20.7. The van der Waals surface area contributed by atoms with Gasteiger partial charge < -0.3 is 9.47 Å². The molecule has 5 nitrogen and oxygen atoms in total. The molecule has 2 rings (SSSR count). The minimum absolute atomic E-state index is 0.104. The van der Waals surface area contributed by atoms with Crippen molar-refractivity contribution in [3.8, 4) is 0 Å². The fourth-order valence-corrected chi connectivity index (χ4v) is 3.61. The number of rotatable bonds is 15. The average molecular weight is 404 g/mol. The Morgan fingerprint density at radius 2 is 1.59 bits per heavy atom. The summed E-state index contributed by atoms with van der Waals surface area (Å²) in [6, 6.07) is 6.56. The molecular weight excluding hydrogens is 366 g/mol. The number of nitro benzene ring substituents is 1. The smallest absolute Gasteiger partial charge is 0.269 e. The summed E-state index contributed by atoms with van der Waals surface area (Å²) in [5, 5.41) is 10.7. The summed E-state index contributed by atoms with van der Waals surface area (Å²) in [6.07, 6.45) is 19.3. The van der Waals surface area contributed by atoms with Crippen molar-refractivity contribution >= 4 is 5.69 Å². The molecule has 1 aliphatic heterocycles. The molecule has 0 aromatic heterocycles. The predicted octanol–water partition coefficient (Wildman–Crippen LogP) is 7.27. The van der Waals surface area contributed by atoms with Gasteiger partial charge in [-0.15, -0.1) is 0 Å². The Balaban J connectivity index is 1.45. The van der Waals surface area contributed by atoms with Crippen molar-refractivity contribution in [2.75, 3.05) is 6.61 Å². The lowest BCUT2D eigenvalue weighted by molar-refractivity contribution is -0.384. The number of hydrogen-bond donors (Lipinski definition) is 0. The SMILES string of the molecule is CCCC/C=C\CCCCCCCCCC1OCC(c2ccc([N+](=O)[O-])cc2)O1. The van der Waals surface area contributed by atoms with Crippen LogP contribution in [0.2, 0.25) is 0 Å². The number of nitro groups is 1. The van der Waals surface area contributed by atoms with Gasteiger partial charge in [0, 0.05) is 12.1 Å². The number of benzene rings is 1. The summed E-state index contributed by atoms with van der Waals surface area (Å²) in [7, 11) is 0. The van der Waals surface area contributed by atoms with Gasteiger partial charge in [-0.25, -0.2) is 0 Å². The summed E-state index contributed by atoms with van der Waals surface area (Å²) < 4.78 is 11.7. The number of nitrogens with zero attached hydrogens (tertiary/aromatic N) is 1. The van der Waals surface area contributed by atoms with Crippen LogP contribution < -0.4 is 0 Å². The lowest BCUT2D eigenvalue weighted by atomic mass is 10.1. The molecule has 5 heteroatoms. The second kappa shape index (κ2) is 14.3. The van der Waals surface area contributed by atoms with Crippen LogP contribution in [0.15, 0.2) is 36.4 Å². The highest BCUT2D eigenvalue weighted by atomic mass is 16.7. The maximum Gasteiger partial charge on any atom is 0.269 e. The van der Waals surface area contributed by atoms with Crippen molar-refractivity contribution in [3.63, 3.8) is 0 Å². The molecule has 2 unspecified atom stereocenters. The molecule has 162 valence electrons. The van der Waals surface area contributed by atoms with Crippen LogP contribution in [0.3, 0.4) is 0 Å². The molecule has 29 heavy (non-hydrogen) atoms. The fourth-order valence-electron chi connectivity index (χ4n) is 3.61. The highest BCUT2D eigenvalue weighted by Gasteiger charge is 2.27. The van der Waals surface area contributed by atoms with E-state index < -0.39 is 0 Å². The van der Waals surface area contributed by atoms with E-state index in [1.54, 1.807) is 12.1 Å². The van der Waals surface area contributed by atoms with Gasteiger partial charge in [-0.05, 0) is 49.8 Å². The first-order valence-corrected chi connectivity index (χ1v) is 11.4. The number of non-ortho nitro benzene ring substituents is 1. The van der Waals surface area contributed by atoms with Gasteiger partial charge in [0.2, 0.25) is 0 Å². The Morgan fingerprint density at radius 1 is 0.966 bits per heavy atom. The molecule has 0 saturated carbocycles. The minimum atomic E-state index is -0.385. The topological polar surface area (TPSA) is 61.6 Å². The monoisotopic (exact) mass is 403 g/mol. The van der Waals surface area contributed by atoms with E-state index in [0.717, 1.165) is 18.4 Å². The van der Waals surface area contributed by atoms with Crippen LogP contribution in [0.25, 0.3) is 0 Å². The van der Waals surface area contributed by atoms with Crippen LogP contribution in [0.5, 0.6) is 0 Å². The summed E-state index contributed by atoms with van der Waals surface area (Å²) in [4.78, 5) is 10.4. The Labute approximate surface area is 175 Å². The molecule has 1 aromatic rings. The highest BCUT2D eigenvalue weighted by molar-refractivity contribution is 5.34. The number of allylic oxidation sites excluding steroid dienone is 2. The third kappa shape index (κ3) is 9.55. The van der Waals surface area contributed by atoms with Crippen LogP contribution >= 0.6 is 0 Å². The Kier molecular flexibility index (Phi) is 11.6. The summed E-state index contributed by atoms with van der Waals surface area (Å²) >= 11 is 0. The van der Waals surface area contributed by atoms with Crippen molar-refractivity contribution in [2.45, 2.75) is 96.4 Å². The molecule has 2 atom stereocenters. The third-order valence-corrected chi connectivity index (χ3v) is 5.43. The highest BCUT2D eigenvalue weighted by Crippen LogP contribution is 2.29. The standard InChI is InChI=1S/C24H37NO4/c1-2-3-4-5-6-7-8-9-10-11-12-13-14-15-24-28-20-23(29-24)21-16-18-22(19-17-21)25(26)27/h5-6,16-19,23-24H,2-4,7-15,20H2,1H3/b6-5-. The van der Waals surface area contributed by atoms with Gasteiger partial charge in [-0.2, -0.15) is 0 Å². The molecule has 0 amide bonds. The van der Waals surface area contributed by atoms with Gasteiger partial charge in [-0.1, -0.05) is 64.0 Å². The van der Waals surface area contributed by atoms with Gasteiger partial charge >= 0.3 is 0 Å². The van der Waals surface area contributed by atoms with Gasteiger partial charge in [0.1, 0.15) is 6.10 Å². The maximum absolute atomic E-state index is 10.7. The van der Waals surface area contributed by atoms with Crippen molar-refractivity contribution in [1.82, 2.24) is 0 Å². The van der Waals surface area contributed by atoms with Crippen LogP contribution in [0, 0.1) is 10.1 Å². The first-order chi connectivity index (χ1) is 14.2. The van der Waals surface area contributed by atoms with Gasteiger partial charge in [0.05, 0.1) is 11.5 Å². The van der Waals surface area contributed by atoms with E-state index in [0.29, 0.717) is 6.61 Å². The lowest BCUT2D eigenvalue weighted by Crippen LogP contribution is -2.07. The first kappa shape index (κ1) is 23.6. The molecule has 0 spiro atoms. The van der Waals surface area contributed by atoms with E-state index in [-0.39, 0.29) is 23.0 Å². The van der Waals surface area contributed by atoms with Gasteiger partial charge in [0.15, 0.2) is 6.29 Å². The van der Waals surface area contributed by atoms with E-state index in [9.17, 15) is 10.1 Å². The Bertz CT molecular complexity index is 599. The molecule has 1 aliphatic rings. The van der Waals surface area contributed by atoms with Gasteiger partial charge in [0.25, 0.3) is 5.69 Å². The molecule has 1 saturated heterocycles. The Hall–Kier alpha value is -1.72. The normalized spacial score (nSPS) is 19.2. The van der Waals surface area contributed by atoms with Gasteiger partial charge in [-0.3, -0.25) is 10.1 Å². The van der Waals surface area contributed by atoms with Crippen molar-refractivity contribution < 1.29 is 14.4 Å². The second-order valence-electron chi connectivity index (χ2n) is 7.90. The van der Waals surface area contributed by atoms with E-state index >= 15 is 0 Å². The van der Waals surface area contributed by atoms with E-state index in [2.05, 4.69) is 19.1 Å². The quantitative estimate of drug-likeness (QED) is 0.134. The molecular formula is C24H37NO4. The molecule has 1 heterocycles. The van der Waals surface area contributed by atoms with Crippen molar-refractivity contribution in [2.24, 2.45) is 0 Å². The second-order valence-corrected chi connectivity index (χ2v) is 7.90. The van der Waals surface area contributed by atoms with Crippen LogP contribution in [-0.4, -0.2) is 17.8 Å². The van der Waals surface area contributed by atoms with E-state index in [4.69, 9.17) is 9.47 Å². The number of unbranched alkanes of at least 4 members (excludes halogenated alkanes) is 9. The van der Waals surface area contributed by atoms with Crippen molar-refractivity contribution in [3.05, 3.63) is 52.1 Å².